The normalized spacial score (nSPS) is 24.0. The van der Waals surface area contributed by atoms with Gasteiger partial charge in [0.2, 0.25) is 0 Å². The lowest BCUT2D eigenvalue weighted by atomic mass is 9.78. The topological polar surface area (TPSA) is 52.6 Å². The summed E-state index contributed by atoms with van der Waals surface area (Å²) >= 11 is 11.8. The van der Waals surface area contributed by atoms with E-state index in [1.54, 1.807) is 36.4 Å². The average Bonchev–Trinajstić information content (AvgIpc) is 2.69. The van der Waals surface area contributed by atoms with E-state index in [1.165, 1.54) is 6.26 Å². The number of hydrogen-bond acceptors (Lipinski definition) is 4. The maximum Gasteiger partial charge on any atom is 0.338 e. The summed E-state index contributed by atoms with van der Waals surface area (Å²) < 4.78 is 11.5. The smallest absolute Gasteiger partial charge is 0.338 e. The summed E-state index contributed by atoms with van der Waals surface area (Å²) in [5.74, 6) is -0.540. The van der Waals surface area contributed by atoms with Crippen LogP contribution in [-0.2, 0) is 14.3 Å². The second-order valence-corrected chi connectivity index (χ2v) is 7.90. The van der Waals surface area contributed by atoms with Crippen LogP contribution in [0.4, 0.5) is 0 Å². The van der Waals surface area contributed by atoms with Crippen molar-refractivity contribution in [1.82, 2.24) is 0 Å². The number of ketones is 1. The molecule has 144 valence electrons. The Hall–Kier alpha value is -2.30. The van der Waals surface area contributed by atoms with Crippen molar-refractivity contribution in [3.8, 4) is 0 Å². The highest BCUT2D eigenvalue weighted by Gasteiger charge is 2.41. The summed E-state index contributed by atoms with van der Waals surface area (Å²) in [6.07, 6.45) is 2.72. The number of hydrogen-bond donors (Lipinski definition) is 0. The van der Waals surface area contributed by atoms with Crippen molar-refractivity contribution in [1.29, 1.82) is 0 Å². The van der Waals surface area contributed by atoms with Gasteiger partial charge < -0.3 is 9.47 Å². The SMILES string of the molecule is O=C(OC1CCC2C(=O)C(c3ccc(Cl)cc3)=COC2C1)c1ccc(Cl)cc1. The Morgan fingerprint density at radius 1 is 0.964 bits per heavy atom. The number of rotatable bonds is 3. The number of esters is 1. The maximum atomic E-state index is 12.9. The second-order valence-electron chi connectivity index (χ2n) is 7.03. The van der Waals surface area contributed by atoms with Gasteiger partial charge in [-0.1, -0.05) is 35.3 Å². The Kier molecular flexibility index (Phi) is 5.42. The zero-order valence-electron chi connectivity index (χ0n) is 14.9. The van der Waals surface area contributed by atoms with Crippen molar-refractivity contribution in [2.24, 2.45) is 5.92 Å². The fourth-order valence-corrected chi connectivity index (χ4v) is 3.96. The van der Waals surface area contributed by atoms with Crippen LogP contribution in [-0.4, -0.2) is 24.0 Å². The summed E-state index contributed by atoms with van der Waals surface area (Å²) in [4.78, 5) is 25.2. The Labute approximate surface area is 173 Å². The fraction of sp³-hybridized carbons (Fsp3) is 0.273. The van der Waals surface area contributed by atoms with Gasteiger partial charge in [-0.25, -0.2) is 4.79 Å². The molecule has 1 heterocycles. The Morgan fingerprint density at radius 2 is 1.61 bits per heavy atom. The predicted molar refractivity (Wildman–Crippen MR) is 107 cm³/mol. The van der Waals surface area contributed by atoms with Gasteiger partial charge in [-0.2, -0.15) is 0 Å². The van der Waals surface area contributed by atoms with Gasteiger partial charge in [-0.3, -0.25) is 4.79 Å². The molecule has 0 bridgehead atoms. The largest absolute Gasteiger partial charge is 0.496 e. The standard InChI is InChI=1S/C22H18Cl2O4/c23-15-5-1-13(2-6-15)19-12-27-20-11-17(9-10-18(20)21(19)25)28-22(26)14-3-7-16(24)8-4-14/h1-8,12,17-18,20H,9-11H2. The minimum atomic E-state index is -0.389. The average molecular weight is 417 g/mol. The second kappa shape index (κ2) is 7.98. The third-order valence-electron chi connectivity index (χ3n) is 5.22. The molecule has 1 saturated carbocycles. The molecule has 4 nitrogen and oxygen atoms in total. The van der Waals surface area contributed by atoms with Gasteiger partial charge in [0, 0.05) is 16.5 Å². The Balaban J connectivity index is 1.42. The molecule has 2 aromatic rings. The first-order valence-corrected chi connectivity index (χ1v) is 9.89. The van der Waals surface area contributed by atoms with Crippen LogP contribution >= 0.6 is 23.2 Å². The quantitative estimate of drug-likeness (QED) is 0.634. The highest BCUT2D eigenvalue weighted by molar-refractivity contribution is 6.31. The van der Waals surface area contributed by atoms with Gasteiger partial charge in [0.05, 0.1) is 23.3 Å². The molecule has 0 saturated heterocycles. The molecule has 1 aliphatic carbocycles. The van der Waals surface area contributed by atoms with E-state index in [4.69, 9.17) is 32.7 Å². The number of benzene rings is 2. The number of halogens is 2. The molecular weight excluding hydrogens is 399 g/mol. The van der Waals surface area contributed by atoms with Crippen LogP contribution in [0.3, 0.4) is 0 Å². The van der Waals surface area contributed by atoms with E-state index in [0.29, 0.717) is 40.4 Å². The molecule has 3 atom stereocenters. The molecule has 0 radical (unpaired) electrons. The molecule has 0 aromatic heterocycles. The maximum absolute atomic E-state index is 12.9. The summed E-state index contributed by atoms with van der Waals surface area (Å²) in [5, 5.41) is 1.18. The molecule has 3 unspecified atom stereocenters. The fourth-order valence-electron chi connectivity index (χ4n) is 3.71. The van der Waals surface area contributed by atoms with E-state index in [1.807, 2.05) is 12.1 Å². The van der Waals surface area contributed by atoms with Gasteiger partial charge in [0.1, 0.15) is 12.2 Å². The zero-order valence-corrected chi connectivity index (χ0v) is 16.5. The van der Waals surface area contributed by atoms with E-state index in [0.717, 1.165) is 5.56 Å². The van der Waals surface area contributed by atoms with Crippen LogP contribution in [0.1, 0.15) is 35.2 Å². The summed E-state index contributed by atoms with van der Waals surface area (Å²) in [6.45, 7) is 0. The number of ether oxygens (including phenoxy) is 2. The van der Waals surface area contributed by atoms with Crippen molar-refractivity contribution in [3.05, 3.63) is 76.0 Å². The number of allylic oxidation sites excluding steroid dienone is 1. The van der Waals surface area contributed by atoms with Crippen molar-refractivity contribution in [3.63, 3.8) is 0 Å². The highest BCUT2D eigenvalue weighted by atomic mass is 35.5. The van der Waals surface area contributed by atoms with Gasteiger partial charge >= 0.3 is 5.97 Å². The van der Waals surface area contributed by atoms with Crippen LogP contribution in [0, 0.1) is 5.92 Å². The van der Waals surface area contributed by atoms with Crippen LogP contribution in [0.5, 0.6) is 0 Å². The first-order valence-electron chi connectivity index (χ1n) is 9.13. The van der Waals surface area contributed by atoms with Crippen molar-refractivity contribution >= 4 is 40.5 Å². The minimum absolute atomic E-state index is 0.0704. The van der Waals surface area contributed by atoms with Gasteiger partial charge in [0.25, 0.3) is 0 Å². The molecule has 0 spiro atoms. The minimum Gasteiger partial charge on any atom is -0.496 e. The van der Waals surface area contributed by atoms with Crippen LogP contribution in [0.15, 0.2) is 54.8 Å². The molecule has 2 aliphatic rings. The van der Waals surface area contributed by atoms with E-state index >= 15 is 0 Å². The van der Waals surface area contributed by atoms with E-state index in [2.05, 4.69) is 0 Å². The zero-order chi connectivity index (χ0) is 19.7. The Morgan fingerprint density at radius 3 is 2.29 bits per heavy atom. The van der Waals surface area contributed by atoms with Crippen LogP contribution in [0.2, 0.25) is 10.0 Å². The van der Waals surface area contributed by atoms with Gasteiger partial charge in [-0.05, 0) is 54.8 Å². The van der Waals surface area contributed by atoms with Crippen molar-refractivity contribution < 1.29 is 19.1 Å². The number of fused-ring (bicyclic) bond motifs is 1. The lowest BCUT2D eigenvalue weighted by Crippen LogP contribution is -2.41. The molecule has 1 aliphatic heterocycles. The van der Waals surface area contributed by atoms with Gasteiger partial charge in [0.15, 0.2) is 5.78 Å². The third kappa shape index (κ3) is 3.94. The molecule has 0 amide bonds. The highest BCUT2D eigenvalue weighted by Crippen LogP contribution is 2.37. The monoisotopic (exact) mass is 416 g/mol. The molecule has 28 heavy (non-hydrogen) atoms. The van der Waals surface area contributed by atoms with E-state index in [-0.39, 0.29) is 29.9 Å². The summed E-state index contributed by atoms with van der Waals surface area (Å²) in [6, 6.07) is 13.7. The third-order valence-corrected chi connectivity index (χ3v) is 5.72. The molecule has 2 aromatic carbocycles. The molecule has 4 rings (SSSR count). The predicted octanol–water partition coefficient (Wildman–Crippen LogP) is 5.33. The molecular formula is C22H18Cl2O4. The summed E-state index contributed by atoms with van der Waals surface area (Å²) in [7, 11) is 0. The molecule has 0 N–H and O–H groups in total. The number of carbonyl (C=O) groups is 2. The molecule has 1 fully saturated rings. The first kappa shape index (κ1) is 19.0. The Bertz CT molecular complexity index is 919. The van der Waals surface area contributed by atoms with Crippen molar-refractivity contribution in [2.75, 3.05) is 0 Å². The van der Waals surface area contributed by atoms with E-state index in [9.17, 15) is 9.59 Å². The number of carbonyl (C=O) groups excluding carboxylic acids is 2. The number of Topliss-reactive ketones (excluding diaryl/α,β-unsaturated/α-hetero) is 1. The summed E-state index contributed by atoms with van der Waals surface area (Å²) in [5.41, 5.74) is 1.82. The van der Waals surface area contributed by atoms with E-state index < -0.39 is 0 Å². The lowest BCUT2D eigenvalue weighted by Gasteiger charge is -2.37. The van der Waals surface area contributed by atoms with Crippen LogP contribution in [0.25, 0.3) is 5.57 Å². The molecule has 6 heteroatoms. The first-order chi connectivity index (χ1) is 13.5. The van der Waals surface area contributed by atoms with Crippen LogP contribution < -0.4 is 0 Å². The van der Waals surface area contributed by atoms with Gasteiger partial charge in [-0.15, -0.1) is 0 Å². The van der Waals surface area contributed by atoms with Crippen molar-refractivity contribution in [2.45, 2.75) is 31.5 Å². The lowest BCUT2D eigenvalue weighted by molar-refractivity contribution is -0.126.